The molecule has 2 N–H and O–H groups in total. The van der Waals surface area contributed by atoms with Crippen molar-refractivity contribution in [2.75, 3.05) is 49.1 Å². The monoisotopic (exact) mass is 809 g/mol. The molecule has 0 radical (unpaired) electrons. The van der Waals surface area contributed by atoms with Crippen molar-refractivity contribution in [2.45, 2.75) is 78.0 Å². The van der Waals surface area contributed by atoms with Crippen molar-refractivity contribution in [3.05, 3.63) is 78.4 Å². The van der Waals surface area contributed by atoms with Crippen molar-refractivity contribution in [2.24, 2.45) is 16.7 Å². The van der Waals surface area contributed by atoms with Crippen LogP contribution in [0.1, 0.15) is 81.9 Å². The number of anilines is 2. The highest BCUT2D eigenvalue weighted by atomic mass is 16.5. The molecular formula is C45H51N11O4. The van der Waals surface area contributed by atoms with Crippen LogP contribution in [0, 0.1) is 28.1 Å². The number of amides is 4. The van der Waals surface area contributed by atoms with Crippen LogP contribution in [0.5, 0.6) is 5.75 Å². The Morgan fingerprint density at radius 2 is 1.68 bits per heavy atom. The molecule has 4 aromatic heterocycles. The van der Waals surface area contributed by atoms with Crippen LogP contribution in [-0.4, -0.2) is 98.9 Å². The molecule has 0 unspecified atom stereocenters. The highest BCUT2D eigenvalue weighted by Gasteiger charge is 2.64. The zero-order valence-corrected chi connectivity index (χ0v) is 34.6. The number of carbonyl (C=O) groups is 3. The molecule has 4 aliphatic rings. The number of nitrogens with zero attached hydrogens (tertiary/aromatic N) is 9. The number of likely N-dealkylation sites (tertiary alicyclic amines) is 1. The number of nitrogens with one attached hydrogen (secondary N) is 2. The van der Waals surface area contributed by atoms with Gasteiger partial charge in [0, 0.05) is 98.0 Å². The van der Waals surface area contributed by atoms with Gasteiger partial charge in [-0.2, -0.15) is 5.26 Å². The van der Waals surface area contributed by atoms with Crippen LogP contribution in [0.3, 0.4) is 0 Å². The smallest absolute Gasteiger partial charge is 0.329 e. The highest BCUT2D eigenvalue weighted by molar-refractivity contribution is 6.08. The summed E-state index contributed by atoms with van der Waals surface area (Å²) in [6, 6.07) is 17.1. The van der Waals surface area contributed by atoms with Crippen LogP contribution < -0.4 is 25.2 Å². The predicted octanol–water partition coefficient (Wildman–Crippen LogP) is 5.86. The van der Waals surface area contributed by atoms with Gasteiger partial charge >= 0.3 is 6.03 Å². The Bertz CT molecular complexity index is 2480. The fraction of sp³-hybridized carbons (Fsp3) is 0.467. The number of urea groups is 1. The SMILES string of the molecule is CC1(C)C(NC(=O)c2ccc(N3CCC(CN4CCC(n5ccc6c(N7CCC(=O)NC7=O)nccc65)CC4)CC3)nn2)C(C)(C)C1Oc1ccc(C#N)c2ncccc12. The minimum absolute atomic E-state index is 0.179. The molecule has 1 saturated carbocycles. The maximum atomic E-state index is 13.6. The van der Waals surface area contributed by atoms with E-state index in [-0.39, 0.29) is 36.1 Å². The molecule has 0 atom stereocenters. The number of piperidine rings is 2. The third kappa shape index (κ3) is 7.06. The van der Waals surface area contributed by atoms with Gasteiger partial charge in [-0.1, -0.05) is 27.7 Å². The van der Waals surface area contributed by atoms with E-state index in [1.165, 1.54) is 0 Å². The molecule has 310 valence electrons. The lowest BCUT2D eigenvalue weighted by molar-refractivity contribution is -0.163. The van der Waals surface area contributed by atoms with E-state index in [0.29, 0.717) is 41.2 Å². The van der Waals surface area contributed by atoms with Crippen LogP contribution in [-0.2, 0) is 4.79 Å². The topological polar surface area (TPSA) is 174 Å². The number of ether oxygens (including phenoxy) is 1. The first-order valence-electron chi connectivity index (χ1n) is 21.1. The molecule has 4 amide bonds. The molecule has 1 aliphatic carbocycles. The quantitative estimate of drug-likeness (QED) is 0.183. The Labute approximate surface area is 349 Å². The second kappa shape index (κ2) is 15.5. The highest BCUT2D eigenvalue weighted by Crippen LogP contribution is 2.56. The van der Waals surface area contributed by atoms with E-state index in [4.69, 9.17) is 4.74 Å². The first-order valence-corrected chi connectivity index (χ1v) is 21.1. The average Bonchev–Trinajstić information content (AvgIpc) is 3.70. The van der Waals surface area contributed by atoms with Crippen molar-refractivity contribution >= 4 is 51.3 Å². The number of hydrogen-bond acceptors (Lipinski definition) is 11. The van der Waals surface area contributed by atoms with Gasteiger partial charge in [0.05, 0.1) is 16.6 Å². The Morgan fingerprint density at radius 1 is 0.900 bits per heavy atom. The molecule has 3 aliphatic heterocycles. The molecule has 60 heavy (non-hydrogen) atoms. The summed E-state index contributed by atoms with van der Waals surface area (Å²) in [6.45, 7) is 13.7. The summed E-state index contributed by atoms with van der Waals surface area (Å²) < 4.78 is 8.97. The van der Waals surface area contributed by atoms with Crippen molar-refractivity contribution in [1.29, 1.82) is 5.26 Å². The number of aromatic nitrogens is 5. The van der Waals surface area contributed by atoms with E-state index in [1.54, 1.807) is 29.4 Å². The van der Waals surface area contributed by atoms with Gasteiger partial charge in [0.25, 0.3) is 5.91 Å². The zero-order chi connectivity index (χ0) is 41.8. The molecule has 9 rings (SSSR count). The molecule has 4 fully saturated rings. The summed E-state index contributed by atoms with van der Waals surface area (Å²) in [5, 5.41) is 25.8. The number of fused-ring (bicyclic) bond motifs is 2. The third-order valence-electron chi connectivity index (χ3n) is 13.4. The predicted molar refractivity (Wildman–Crippen MR) is 227 cm³/mol. The number of benzene rings is 1. The van der Waals surface area contributed by atoms with Gasteiger partial charge in [-0.05, 0) is 80.1 Å². The Hall–Kier alpha value is -6.14. The Balaban J connectivity index is 0.751. The van der Waals surface area contributed by atoms with E-state index >= 15 is 0 Å². The van der Waals surface area contributed by atoms with Crippen LogP contribution in [0.25, 0.3) is 21.8 Å². The Morgan fingerprint density at radius 3 is 2.40 bits per heavy atom. The van der Waals surface area contributed by atoms with E-state index < -0.39 is 16.9 Å². The first-order chi connectivity index (χ1) is 28.9. The van der Waals surface area contributed by atoms with Gasteiger partial charge in [0.15, 0.2) is 11.5 Å². The van der Waals surface area contributed by atoms with E-state index in [1.807, 2.05) is 36.4 Å². The number of carbonyl (C=O) groups excluding carboxylic acids is 3. The molecule has 0 spiro atoms. The van der Waals surface area contributed by atoms with Crippen LogP contribution in [0.4, 0.5) is 16.4 Å². The fourth-order valence-electron chi connectivity index (χ4n) is 10.5. The van der Waals surface area contributed by atoms with E-state index in [2.05, 4.69) is 85.1 Å². The van der Waals surface area contributed by atoms with Gasteiger partial charge in [-0.3, -0.25) is 24.8 Å². The summed E-state index contributed by atoms with van der Waals surface area (Å²) in [5.74, 6) is 2.15. The lowest BCUT2D eigenvalue weighted by Gasteiger charge is -2.63. The molecule has 15 nitrogen and oxygen atoms in total. The zero-order valence-electron chi connectivity index (χ0n) is 34.6. The summed E-state index contributed by atoms with van der Waals surface area (Å²) in [5.41, 5.74) is 1.68. The second-order valence-corrected chi connectivity index (χ2v) is 18.0. The number of rotatable bonds is 9. The molecule has 7 heterocycles. The van der Waals surface area contributed by atoms with Crippen molar-refractivity contribution in [3.63, 3.8) is 0 Å². The van der Waals surface area contributed by atoms with E-state index in [0.717, 1.165) is 80.5 Å². The molecule has 5 aromatic rings. The average molecular weight is 810 g/mol. The van der Waals surface area contributed by atoms with Gasteiger partial charge < -0.3 is 24.4 Å². The molecule has 0 bridgehead atoms. The summed E-state index contributed by atoms with van der Waals surface area (Å²) in [6.07, 6.45) is 9.84. The molecule has 1 aromatic carbocycles. The van der Waals surface area contributed by atoms with Crippen molar-refractivity contribution in [3.8, 4) is 11.8 Å². The van der Waals surface area contributed by atoms with Crippen LogP contribution >= 0.6 is 0 Å². The molecule has 3 saturated heterocycles. The lowest BCUT2D eigenvalue weighted by Crippen LogP contribution is -2.74. The number of hydrogen-bond donors (Lipinski definition) is 2. The fourth-order valence-corrected chi connectivity index (χ4v) is 10.5. The number of nitriles is 1. The first kappa shape index (κ1) is 39.3. The molecular weight excluding hydrogens is 759 g/mol. The maximum absolute atomic E-state index is 13.6. The van der Waals surface area contributed by atoms with Gasteiger partial charge in [0.2, 0.25) is 5.91 Å². The standard InChI is InChI=1S/C45H51N11O4/c1-44(2)41(45(3,4)42(44)60-35-9-7-29(26-46)38-32(35)6-5-18-47-38)50-40(58)33-8-10-36(52-51-33)54-22-12-28(13-23-54)27-53-20-14-30(15-21-53)55-24-16-31-34(55)11-19-48-39(31)56-25-17-37(57)49-43(56)59/h5-11,16,18-19,24,28,30,41-42H,12-15,17,20-23,25,27H2,1-4H3,(H,50,58)(H,49,57,59). The van der Waals surface area contributed by atoms with E-state index in [9.17, 15) is 19.6 Å². The third-order valence-corrected chi connectivity index (χ3v) is 13.4. The van der Waals surface area contributed by atoms with Crippen LogP contribution in [0.2, 0.25) is 0 Å². The Kier molecular flexibility index (Phi) is 10.1. The largest absolute Gasteiger partial charge is 0.488 e. The summed E-state index contributed by atoms with van der Waals surface area (Å²) in [7, 11) is 0. The van der Waals surface area contributed by atoms with Gasteiger partial charge in [-0.15, -0.1) is 10.2 Å². The number of imide groups is 1. The number of pyridine rings is 2. The minimum Gasteiger partial charge on any atom is -0.488 e. The molecule has 15 heteroatoms. The van der Waals surface area contributed by atoms with Gasteiger partial charge in [0.1, 0.15) is 23.7 Å². The minimum atomic E-state index is -0.418. The summed E-state index contributed by atoms with van der Waals surface area (Å²) in [4.78, 5) is 53.2. The lowest BCUT2D eigenvalue weighted by atomic mass is 9.49. The summed E-state index contributed by atoms with van der Waals surface area (Å²) >= 11 is 0. The van der Waals surface area contributed by atoms with Crippen molar-refractivity contribution < 1.29 is 19.1 Å². The van der Waals surface area contributed by atoms with Crippen molar-refractivity contribution in [1.82, 2.24) is 40.3 Å². The second-order valence-electron chi connectivity index (χ2n) is 18.0. The van der Waals surface area contributed by atoms with Gasteiger partial charge in [-0.25, -0.2) is 9.78 Å². The maximum Gasteiger partial charge on any atom is 0.329 e. The van der Waals surface area contributed by atoms with Crippen LogP contribution in [0.15, 0.2) is 67.1 Å². The normalized spacial score (nSPS) is 22.3.